The van der Waals surface area contributed by atoms with Crippen LogP contribution >= 0.6 is 0 Å². The molecule has 0 aliphatic heterocycles. The Balaban J connectivity index is 4.69. The molecule has 0 fully saturated rings. The molecular weight excluding hydrogens is 272 g/mol. The average Bonchev–Trinajstić information content (AvgIpc) is 2.40. The molecule has 0 radical (unpaired) electrons. The zero-order valence-corrected chi connectivity index (χ0v) is 13.2. The third kappa shape index (κ3) is 8.48. The van der Waals surface area contributed by atoms with Gasteiger partial charge in [0.1, 0.15) is 5.78 Å². The molecule has 0 aliphatic rings. The van der Waals surface area contributed by atoms with Gasteiger partial charge in [0, 0.05) is 18.3 Å². The Labute approximate surface area is 126 Å². The van der Waals surface area contributed by atoms with E-state index in [1.807, 2.05) is 0 Å². The van der Waals surface area contributed by atoms with Gasteiger partial charge in [-0.1, -0.05) is 39.0 Å². The molecule has 5 nitrogen and oxygen atoms in total. The van der Waals surface area contributed by atoms with Gasteiger partial charge in [-0.3, -0.25) is 14.4 Å². The molecule has 0 spiro atoms. The highest BCUT2D eigenvalue weighted by Gasteiger charge is 2.35. The fraction of sp³-hybridized carbons (Fsp3) is 0.812. The summed E-state index contributed by atoms with van der Waals surface area (Å²) in [5.74, 6) is -1.97. The maximum absolute atomic E-state index is 12.0. The highest BCUT2D eigenvalue weighted by molar-refractivity contribution is 5.83. The summed E-state index contributed by atoms with van der Waals surface area (Å²) >= 11 is 0. The number of ketones is 1. The summed E-state index contributed by atoms with van der Waals surface area (Å²) in [4.78, 5) is 33.6. The third-order valence-corrected chi connectivity index (χ3v) is 4.14. The minimum atomic E-state index is -0.943. The zero-order valence-electron chi connectivity index (χ0n) is 13.2. The second-order valence-corrected chi connectivity index (χ2v) is 5.79. The number of carbonyl (C=O) groups excluding carboxylic acids is 1. The number of aliphatic carboxylic acids is 2. The van der Waals surface area contributed by atoms with E-state index in [0.29, 0.717) is 6.42 Å². The van der Waals surface area contributed by atoms with E-state index in [9.17, 15) is 14.4 Å². The maximum Gasteiger partial charge on any atom is 0.303 e. The van der Waals surface area contributed by atoms with E-state index in [4.69, 9.17) is 10.2 Å². The molecule has 0 amide bonds. The van der Waals surface area contributed by atoms with Gasteiger partial charge in [0.25, 0.3) is 0 Å². The van der Waals surface area contributed by atoms with Crippen LogP contribution in [0.3, 0.4) is 0 Å². The zero-order chi connectivity index (χ0) is 16.3. The molecule has 0 saturated heterocycles. The molecular formula is C16H28O5. The molecule has 0 aliphatic carbocycles. The molecule has 0 heterocycles. The summed E-state index contributed by atoms with van der Waals surface area (Å²) in [6.45, 7) is 3.58. The lowest BCUT2D eigenvalue weighted by Crippen LogP contribution is -2.31. The molecule has 21 heavy (non-hydrogen) atoms. The van der Waals surface area contributed by atoms with E-state index in [-0.39, 0.29) is 31.5 Å². The van der Waals surface area contributed by atoms with Crippen molar-refractivity contribution in [3.05, 3.63) is 0 Å². The molecule has 122 valence electrons. The molecule has 0 saturated carbocycles. The summed E-state index contributed by atoms with van der Waals surface area (Å²) in [6, 6.07) is 0. The average molecular weight is 300 g/mol. The predicted octanol–water partition coefficient (Wildman–Crippen LogP) is 3.65. The molecule has 0 rings (SSSR count). The molecule has 2 N–H and O–H groups in total. The van der Waals surface area contributed by atoms with Gasteiger partial charge < -0.3 is 10.2 Å². The van der Waals surface area contributed by atoms with Crippen LogP contribution in [0.25, 0.3) is 0 Å². The van der Waals surface area contributed by atoms with E-state index in [1.165, 1.54) is 6.92 Å². The topological polar surface area (TPSA) is 91.7 Å². The minimum absolute atomic E-state index is 0.0829. The number of carbonyl (C=O) groups is 3. The van der Waals surface area contributed by atoms with Crippen LogP contribution in [0.1, 0.15) is 78.1 Å². The van der Waals surface area contributed by atoms with Crippen LogP contribution in [-0.4, -0.2) is 27.9 Å². The van der Waals surface area contributed by atoms with E-state index >= 15 is 0 Å². The molecule has 0 aromatic heterocycles. The molecule has 0 unspecified atom stereocenters. The quantitative estimate of drug-likeness (QED) is 0.506. The SMILES string of the molecule is CCCCCCCC(CCC(=O)O)(CCC(=O)O)C(C)=O. The van der Waals surface area contributed by atoms with E-state index in [0.717, 1.165) is 32.1 Å². The highest BCUT2D eigenvalue weighted by Crippen LogP contribution is 2.37. The van der Waals surface area contributed by atoms with Gasteiger partial charge in [0.15, 0.2) is 0 Å². The van der Waals surface area contributed by atoms with Gasteiger partial charge in [-0.25, -0.2) is 0 Å². The first kappa shape index (κ1) is 19.6. The Morgan fingerprint density at radius 2 is 1.29 bits per heavy atom. The molecule has 0 aromatic rings. The number of carboxylic acid groups (broad SMARTS) is 2. The molecule has 5 heteroatoms. The lowest BCUT2D eigenvalue weighted by Gasteiger charge is -2.30. The van der Waals surface area contributed by atoms with E-state index in [1.54, 1.807) is 0 Å². The van der Waals surface area contributed by atoms with Crippen LogP contribution in [0.4, 0.5) is 0 Å². The van der Waals surface area contributed by atoms with Crippen LogP contribution in [-0.2, 0) is 14.4 Å². The lowest BCUT2D eigenvalue weighted by atomic mass is 9.72. The van der Waals surface area contributed by atoms with Crippen molar-refractivity contribution in [2.45, 2.75) is 78.1 Å². The van der Waals surface area contributed by atoms with Crippen molar-refractivity contribution in [2.75, 3.05) is 0 Å². The highest BCUT2D eigenvalue weighted by atomic mass is 16.4. The summed E-state index contributed by atoms with van der Waals surface area (Å²) in [5.41, 5.74) is -0.789. The van der Waals surface area contributed by atoms with Crippen LogP contribution in [0.2, 0.25) is 0 Å². The summed E-state index contributed by atoms with van der Waals surface area (Å²) < 4.78 is 0. The first-order chi connectivity index (χ1) is 9.84. The Morgan fingerprint density at radius 1 is 0.810 bits per heavy atom. The number of carboxylic acids is 2. The summed E-state index contributed by atoms with van der Waals surface area (Å²) in [5, 5.41) is 17.7. The van der Waals surface area contributed by atoms with Crippen molar-refractivity contribution in [3.8, 4) is 0 Å². The second-order valence-electron chi connectivity index (χ2n) is 5.79. The standard InChI is InChI=1S/C16H28O5/c1-3-4-5-6-7-10-16(13(2)17,11-8-14(18)19)12-9-15(20)21/h3-12H2,1-2H3,(H,18,19)(H,20,21). The van der Waals surface area contributed by atoms with Crippen LogP contribution in [0.15, 0.2) is 0 Å². The summed E-state index contributed by atoms with van der Waals surface area (Å²) in [7, 11) is 0. The number of hydrogen-bond acceptors (Lipinski definition) is 3. The van der Waals surface area contributed by atoms with Crippen molar-refractivity contribution in [1.82, 2.24) is 0 Å². The van der Waals surface area contributed by atoms with Crippen LogP contribution < -0.4 is 0 Å². The van der Waals surface area contributed by atoms with Gasteiger partial charge in [0.2, 0.25) is 0 Å². The maximum atomic E-state index is 12.0. The molecule has 0 aromatic carbocycles. The summed E-state index contributed by atoms with van der Waals surface area (Å²) in [6.07, 6.45) is 6.11. The Morgan fingerprint density at radius 3 is 1.67 bits per heavy atom. The monoisotopic (exact) mass is 300 g/mol. The van der Waals surface area contributed by atoms with Gasteiger partial charge in [-0.05, 0) is 26.2 Å². The van der Waals surface area contributed by atoms with Crippen molar-refractivity contribution < 1.29 is 24.6 Å². The fourth-order valence-electron chi connectivity index (χ4n) is 2.66. The van der Waals surface area contributed by atoms with Crippen molar-refractivity contribution in [1.29, 1.82) is 0 Å². The van der Waals surface area contributed by atoms with Crippen LogP contribution in [0, 0.1) is 5.41 Å². The minimum Gasteiger partial charge on any atom is -0.481 e. The van der Waals surface area contributed by atoms with Crippen molar-refractivity contribution in [3.63, 3.8) is 0 Å². The second kappa shape index (κ2) is 10.4. The third-order valence-electron chi connectivity index (χ3n) is 4.14. The van der Waals surface area contributed by atoms with Crippen molar-refractivity contribution in [2.24, 2.45) is 5.41 Å². The van der Waals surface area contributed by atoms with Gasteiger partial charge >= 0.3 is 11.9 Å². The van der Waals surface area contributed by atoms with Gasteiger partial charge in [0.05, 0.1) is 0 Å². The molecule has 0 bridgehead atoms. The number of rotatable bonds is 13. The number of hydrogen-bond donors (Lipinski definition) is 2. The van der Waals surface area contributed by atoms with Gasteiger partial charge in [-0.2, -0.15) is 0 Å². The Hall–Kier alpha value is -1.39. The fourth-order valence-corrected chi connectivity index (χ4v) is 2.66. The Kier molecular flexibility index (Phi) is 9.67. The van der Waals surface area contributed by atoms with Gasteiger partial charge in [-0.15, -0.1) is 0 Å². The smallest absolute Gasteiger partial charge is 0.303 e. The lowest BCUT2D eigenvalue weighted by molar-refractivity contribution is -0.139. The first-order valence-electron chi connectivity index (χ1n) is 7.78. The number of unbranched alkanes of at least 4 members (excludes halogenated alkanes) is 4. The Bertz CT molecular complexity index is 331. The largest absolute Gasteiger partial charge is 0.481 e. The van der Waals surface area contributed by atoms with Crippen LogP contribution in [0.5, 0.6) is 0 Å². The predicted molar refractivity (Wildman–Crippen MR) is 80.2 cm³/mol. The normalized spacial score (nSPS) is 11.3. The number of Topliss-reactive ketones (excluding diaryl/α,β-unsaturated/α-hetero) is 1. The molecule has 0 atom stereocenters. The first-order valence-corrected chi connectivity index (χ1v) is 7.78. The van der Waals surface area contributed by atoms with E-state index in [2.05, 4.69) is 6.92 Å². The van der Waals surface area contributed by atoms with Crippen molar-refractivity contribution >= 4 is 17.7 Å². The van der Waals surface area contributed by atoms with E-state index < -0.39 is 17.4 Å².